The van der Waals surface area contributed by atoms with Crippen LogP contribution in [0.2, 0.25) is 0 Å². The molecule has 1 atom stereocenters. The summed E-state index contributed by atoms with van der Waals surface area (Å²) >= 11 is 0. The first-order chi connectivity index (χ1) is 7.27. The molecule has 0 aromatic carbocycles. The molecule has 1 unspecified atom stereocenters. The minimum absolute atomic E-state index is 0.660. The summed E-state index contributed by atoms with van der Waals surface area (Å²) in [6.07, 6.45) is 14.1. The molecule has 1 heteroatoms. The zero-order chi connectivity index (χ0) is 10.7. The van der Waals surface area contributed by atoms with Crippen molar-refractivity contribution in [3.05, 3.63) is 23.9 Å². The Morgan fingerprint density at radius 1 is 1.20 bits per heavy atom. The van der Waals surface area contributed by atoms with Gasteiger partial charge in [0.1, 0.15) is 0 Å². The minimum Gasteiger partial charge on any atom is -0.371 e. The van der Waals surface area contributed by atoms with E-state index in [0.29, 0.717) is 12.0 Å². The fourth-order valence-electron chi connectivity index (χ4n) is 2.50. The first kappa shape index (κ1) is 10.8. The van der Waals surface area contributed by atoms with E-state index in [1.54, 1.807) is 0 Å². The van der Waals surface area contributed by atoms with Gasteiger partial charge in [-0.1, -0.05) is 45.3 Å². The second-order valence-electron chi connectivity index (χ2n) is 5.15. The molecule has 0 aromatic heterocycles. The largest absolute Gasteiger partial charge is 0.371 e. The molecule has 0 N–H and O–H groups in total. The Balaban J connectivity index is 2.07. The SMILES string of the molecule is CC(C)C1=CN2CCCCCCC2C=C1. The van der Waals surface area contributed by atoms with Gasteiger partial charge in [-0.2, -0.15) is 0 Å². The number of hydrogen-bond donors (Lipinski definition) is 0. The Morgan fingerprint density at radius 2 is 2.00 bits per heavy atom. The Labute approximate surface area is 93.9 Å². The van der Waals surface area contributed by atoms with E-state index >= 15 is 0 Å². The van der Waals surface area contributed by atoms with Crippen LogP contribution in [-0.4, -0.2) is 17.5 Å². The molecule has 15 heavy (non-hydrogen) atoms. The lowest BCUT2D eigenvalue weighted by Gasteiger charge is -2.34. The molecule has 2 aliphatic heterocycles. The van der Waals surface area contributed by atoms with Crippen LogP contribution in [0.4, 0.5) is 0 Å². The van der Waals surface area contributed by atoms with Crippen LogP contribution in [0.25, 0.3) is 0 Å². The highest BCUT2D eigenvalue weighted by Crippen LogP contribution is 2.25. The maximum Gasteiger partial charge on any atom is 0.0470 e. The van der Waals surface area contributed by atoms with Crippen molar-refractivity contribution < 1.29 is 0 Å². The normalized spacial score (nSPS) is 27.0. The highest BCUT2D eigenvalue weighted by atomic mass is 15.1. The van der Waals surface area contributed by atoms with Gasteiger partial charge < -0.3 is 4.90 Å². The molecule has 2 aliphatic rings. The van der Waals surface area contributed by atoms with Crippen molar-refractivity contribution in [1.82, 2.24) is 4.90 Å². The fraction of sp³-hybridized carbons (Fsp3) is 0.714. The van der Waals surface area contributed by atoms with E-state index in [1.165, 1.54) is 44.2 Å². The molecule has 0 saturated carbocycles. The Bertz CT molecular complexity index is 263. The third-order valence-electron chi connectivity index (χ3n) is 3.58. The summed E-state index contributed by atoms with van der Waals surface area (Å²) in [4.78, 5) is 2.56. The quantitative estimate of drug-likeness (QED) is 0.630. The summed E-state index contributed by atoms with van der Waals surface area (Å²) in [5.74, 6) is 0.660. The van der Waals surface area contributed by atoms with Gasteiger partial charge in [0, 0.05) is 18.8 Å². The van der Waals surface area contributed by atoms with Crippen LogP contribution in [0.5, 0.6) is 0 Å². The standard InChI is InChI=1S/C14H23N/c1-12(2)13-8-9-14-7-5-3-4-6-10-15(14)11-13/h8-9,11-12,14H,3-7,10H2,1-2H3. The van der Waals surface area contributed by atoms with Crippen molar-refractivity contribution in [2.45, 2.75) is 52.0 Å². The summed E-state index contributed by atoms with van der Waals surface area (Å²) in [7, 11) is 0. The maximum absolute atomic E-state index is 2.56. The van der Waals surface area contributed by atoms with E-state index in [2.05, 4.69) is 37.1 Å². The van der Waals surface area contributed by atoms with Crippen LogP contribution in [0, 0.1) is 5.92 Å². The third kappa shape index (κ3) is 2.64. The molecular formula is C14H23N. The molecule has 0 radical (unpaired) electrons. The molecule has 2 heterocycles. The van der Waals surface area contributed by atoms with Crippen LogP contribution < -0.4 is 0 Å². The summed E-state index contributed by atoms with van der Waals surface area (Å²) in [5.41, 5.74) is 1.49. The monoisotopic (exact) mass is 205 g/mol. The molecule has 1 nitrogen and oxygen atoms in total. The molecule has 0 aromatic rings. The lowest BCUT2D eigenvalue weighted by molar-refractivity contribution is 0.267. The van der Waals surface area contributed by atoms with E-state index < -0.39 is 0 Å². The first-order valence-corrected chi connectivity index (χ1v) is 6.43. The van der Waals surface area contributed by atoms with Gasteiger partial charge in [0.2, 0.25) is 0 Å². The highest BCUT2D eigenvalue weighted by Gasteiger charge is 2.18. The lowest BCUT2D eigenvalue weighted by atomic mass is 9.95. The smallest absolute Gasteiger partial charge is 0.0470 e. The van der Waals surface area contributed by atoms with Crippen molar-refractivity contribution in [2.24, 2.45) is 5.92 Å². The van der Waals surface area contributed by atoms with E-state index in [9.17, 15) is 0 Å². The molecule has 1 saturated heterocycles. The number of fused-ring (bicyclic) bond motifs is 1. The van der Waals surface area contributed by atoms with Gasteiger partial charge in [-0.25, -0.2) is 0 Å². The number of rotatable bonds is 1. The summed E-state index contributed by atoms with van der Waals surface area (Å²) in [6.45, 7) is 5.81. The second-order valence-corrected chi connectivity index (χ2v) is 5.15. The average Bonchev–Trinajstić information content (AvgIpc) is 2.18. The minimum atomic E-state index is 0.660. The van der Waals surface area contributed by atoms with Crippen LogP contribution in [0.3, 0.4) is 0 Å². The second kappa shape index (κ2) is 4.87. The van der Waals surface area contributed by atoms with Crippen molar-refractivity contribution in [3.63, 3.8) is 0 Å². The zero-order valence-corrected chi connectivity index (χ0v) is 10.1. The number of hydrogen-bond acceptors (Lipinski definition) is 1. The zero-order valence-electron chi connectivity index (χ0n) is 10.1. The van der Waals surface area contributed by atoms with Gasteiger partial charge >= 0.3 is 0 Å². The predicted octanol–water partition coefficient (Wildman–Crippen LogP) is 3.73. The average molecular weight is 205 g/mol. The predicted molar refractivity (Wildman–Crippen MR) is 65.6 cm³/mol. The van der Waals surface area contributed by atoms with Crippen LogP contribution >= 0.6 is 0 Å². The summed E-state index contributed by atoms with van der Waals surface area (Å²) < 4.78 is 0. The van der Waals surface area contributed by atoms with Crippen LogP contribution in [0.15, 0.2) is 23.9 Å². The van der Waals surface area contributed by atoms with Gasteiger partial charge in [0.05, 0.1) is 0 Å². The molecule has 0 aliphatic carbocycles. The van der Waals surface area contributed by atoms with Crippen LogP contribution in [0.1, 0.15) is 46.0 Å². The van der Waals surface area contributed by atoms with Crippen LogP contribution in [-0.2, 0) is 0 Å². The van der Waals surface area contributed by atoms with E-state index in [4.69, 9.17) is 0 Å². The molecule has 2 rings (SSSR count). The Kier molecular flexibility index (Phi) is 3.50. The maximum atomic E-state index is 2.56. The van der Waals surface area contributed by atoms with Crippen molar-refractivity contribution in [1.29, 1.82) is 0 Å². The van der Waals surface area contributed by atoms with Crippen molar-refractivity contribution in [3.8, 4) is 0 Å². The molecular weight excluding hydrogens is 182 g/mol. The van der Waals surface area contributed by atoms with Crippen molar-refractivity contribution >= 4 is 0 Å². The lowest BCUT2D eigenvalue weighted by Crippen LogP contribution is -2.33. The number of nitrogens with zero attached hydrogens (tertiary/aromatic N) is 1. The fourth-order valence-corrected chi connectivity index (χ4v) is 2.50. The van der Waals surface area contributed by atoms with Gasteiger partial charge in [-0.15, -0.1) is 0 Å². The van der Waals surface area contributed by atoms with Crippen molar-refractivity contribution in [2.75, 3.05) is 6.54 Å². The molecule has 0 amide bonds. The summed E-state index contributed by atoms with van der Waals surface area (Å²) in [5, 5.41) is 0. The highest BCUT2D eigenvalue weighted by molar-refractivity contribution is 5.26. The molecule has 0 spiro atoms. The Morgan fingerprint density at radius 3 is 2.80 bits per heavy atom. The first-order valence-electron chi connectivity index (χ1n) is 6.43. The van der Waals surface area contributed by atoms with Gasteiger partial charge in [-0.3, -0.25) is 0 Å². The van der Waals surface area contributed by atoms with E-state index in [1.807, 2.05) is 0 Å². The van der Waals surface area contributed by atoms with E-state index in [-0.39, 0.29) is 0 Å². The van der Waals surface area contributed by atoms with Gasteiger partial charge in [0.15, 0.2) is 0 Å². The topological polar surface area (TPSA) is 3.24 Å². The van der Waals surface area contributed by atoms with Gasteiger partial charge in [0.25, 0.3) is 0 Å². The third-order valence-corrected chi connectivity index (χ3v) is 3.58. The van der Waals surface area contributed by atoms with E-state index in [0.717, 1.165) is 0 Å². The molecule has 1 fully saturated rings. The summed E-state index contributed by atoms with van der Waals surface area (Å²) in [6, 6.07) is 0.688. The number of allylic oxidation sites excluding steroid dienone is 2. The Hall–Kier alpha value is -0.720. The van der Waals surface area contributed by atoms with Gasteiger partial charge in [-0.05, 0) is 24.3 Å². The molecule has 84 valence electrons. The molecule has 0 bridgehead atoms.